The molecule has 22 heavy (non-hydrogen) atoms. The highest BCUT2D eigenvalue weighted by Crippen LogP contribution is 2.40. The molecule has 0 aliphatic carbocycles. The second kappa shape index (κ2) is 6.46. The molecule has 0 aliphatic heterocycles. The van der Waals surface area contributed by atoms with E-state index in [0.717, 1.165) is 6.42 Å². The number of ether oxygens (including phenoxy) is 2. The highest BCUT2D eigenvalue weighted by atomic mass is 16.6. The molecular weight excluding hydrogens is 288 g/mol. The fourth-order valence-electron chi connectivity index (χ4n) is 2.03. The van der Waals surface area contributed by atoms with Crippen molar-refractivity contribution in [3.05, 3.63) is 34.3 Å². The molecule has 0 radical (unpaired) electrons. The van der Waals surface area contributed by atoms with Gasteiger partial charge in [-0.3, -0.25) is 10.1 Å². The fraction of sp³-hybridized carbons (Fsp3) is 0.400. The summed E-state index contributed by atoms with van der Waals surface area (Å²) in [4.78, 5) is 15.0. The molecule has 0 saturated carbocycles. The van der Waals surface area contributed by atoms with Gasteiger partial charge in [-0.25, -0.2) is 4.98 Å². The third-order valence-corrected chi connectivity index (χ3v) is 3.52. The largest absolute Gasteiger partial charge is 0.493 e. The van der Waals surface area contributed by atoms with E-state index in [9.17, 15) is 10.1 Å². The lowest BCUT2D eigenvalue weighted by molar-refractivity contribution is -0.384. The van der Waals surface area contributed by atoms with Crippen LogP contribution in [0.5, 0.6) is 11.5 Å². The molecule has 1 heterocycles. The Labute approximate surface area is 128 Å². The van der Waals surface area contributed by atoms with Gasteiger partial charge in [0.25, 0.3) is 5.69 Å². The summed E-state index contributed by atoms with van der Waals surface area (Å²) < 4.78 is 16.0. The molecule has 1 unspecified atom stereocenters. The van der Waals surface area contributed by atoms with E-state index in [1.54, 1.807) is 0 Å². The molecule has 0 amide bonds. The molecule has 2 rings (SSSR count). The molecule has 1 atom stereocenters. The smallest absolute Gasteiger partial charge is 0.284 e. The first-order valence-corrected chi connectivity index (χ1v) is 6.88. The maximum absolute atomic E-state index is 11.3. The number of nitro benzene ring substituents is 1. The molecule has 0 spiro atoms. The van der Waals surface area contributed by atoms with Crippen molar-refractivity contribution >= 4 is 5.69 Å². The summed E-state index contributed by atoms with van der Waals surface area (Å²) >= 11 is 0. The van der Waals surface area contributed by atoms with Crippen LogP contribution in [0.25, 0.3) is 11.3 Å². The van der Waals surface area contributed by atoms with Crippen molar-refractivity contribution in [1.29, 1.82) is 0 Å². The van der Waals surface area contributed by atoms with Crippen LogP contribution in [-0.4, -0.2) is 24.1 Å². The van der Waals surface area contributed by atoms with Gasteiger partial charge in [0.15, 0.2) is 23.1 Å². The SMILES string of the molecule is CCC(C)c1ncc(-c2cc(OC)c(OC)cc2[N+](=O)[O-])o1. The number of benzene rings is 1. The predicted molar refractivity (Wildman–Crippen MR) is 80.4 cm³/mol. The van der Waals surface area contributed by atoms with E-state index < -0.39 is 4.92 Å². The van der Waals surface area contributed by atoms with E-state index in [4.69, 9.17) is 13.9 Å². The minimum Gasteiger partial charge on any atom is -0.493 e. The monoisotopic (exact) mass is 306 g/mol. The Hall–Kier alpha value is -2.57. The van der Waals surface area contributed by atoms with Gasteiger partial charge in [0, 0.05) is 12.0 Å². The van der Waals surface area contributed by atoms with Crippen LogP contribution in [0.1, 0.15) is 32.1 Å². The van der Waals surface area contributed by atoms with Gasteiger partial charge in [0.2, 0.25) is 0 Å². The lowest BCUT2D eigenvalue weighted by atomic mass is 10.1. The molecule has 0 fully saturated rings. The first-order chi connectivity index (χ1) is 10.5. The second-order valence-corrected chi connectivity index (χ2v) is 4.85. The third-order valence-electron chi connectivity index (χ3n) is 3.52. The van der Waals surface area contributed by atoms with Crippen LogP contribution >= 0.6 is 0 Å². The summed E-state index contributed by atoms with van der Waals surface area (Å²) in [5.74, 6) is 1.72. The van der Waals surface area contributed by atoms with Gasteiger partial charge < -0.3 is 13.9 Å². The summed E-state index contributed by atoms with van der Waals surface area (Å²) in [6, 6.07) is 2.84. The highest BCUT2D eigenvalue weighted by molar-refractivity contribution is 5.73. The molecule has 2 aromatic rings. The van der Waals surface area contributed by atoms with Crippen LogP contribution in [0, 0.1) is 10.1 Å². The van der Waals surface area contributed by atoms with Gasteiger partial charge in [0.1, 0.15) is 5.56 Å². The van der Waals surface area contributed by atoms with Gasteiger partial charge in [-0.15, -0.1) is 0 Å². The van der Waals surface area contributed by atoms with Crippen LogP contribution in [0.2, 0.25) is 0 Å². The number of rotatable bonds is 6. The zero-order valence-electron chi connectivity index (χ0n) is 13.0. The molecule has 1 aromatic heterocycles. The Morgan fingerprint density at radius 3 is 2.50 bits per heavy atom. The topological polar surface area (TPSA) is 87.6 Å². The number of hydrogen-bond donors (Lipinski definition) is 0. The van der Waals surface area contributed by atoms with Gasteiger partial charge >= 0.3 is 0 Å². The fourth-order valence-corrected chi connectivity index (χ4v) is 2.03. The van der Waals surface area contributed by atoms with E-state index >= 15 is 0 Å². The maximum atomic E-state index is 11.3. The Morgan fingerprint density at radius 2 is 1.95 bits per heavy atom. The van der Waals surface area contributed by atoms with E-state index in [2.05, 4.69) is 4.98 Å². The molecule has 1 aromatic carbocycles. The van der Waals surface area contributed by atoms with Gasteiger partial charge in [-0.1, -0.05) is 13.8 Å². The Morgan fingerprint density at radius 1 is 1.32 bits per heavy atom. The molecular formula is C15H18N2O5. The van der Waals surface area contributed by atoms with Crippen LogP contribution in [-0.2, 0) is 0 Å². The van der Waals surface area contributed by atoms with Crippen molar-refractivity contribution in [1.82, 2.24) is 4.98 Å². The zero-order chi connectivity index (χ0) is 16.3. The summed E-state index contributed by atoms with van der Waals surface area (Å²) in [7, 11) is 2.90. The summed E-state index contributed by atoms with van der Waals surface area (Å²) in [6.07, 6.45) is 2.36. The van der Waals surface area contributed by atoms with Crippen LogP contribution < -0.4 is 9.47 Å². The molecule has 0 bridgehead atoms. The molecule has 118 valence electrons. The zero-order valence-corrected chi connectivity index (χ0v) is 13.0. The van der Waals surface area contributed by atoms with Crippen molar-refractivity contribution in [3.63, 3.8) is 0 Å². The van der Waals surface area contributed by atoms with Crippen molar-refractivity contribution in [2.75, 3.05) is 14.2 Å². The predicted octanol–water partition coefficient (Wildman–Crippen LogP) is 3.78. The number of oxazole rings is 1. The van der Waals surface area contributed by atoms with Crippen molar-refractivity contribution in [2.45, 2.75) is 26.2 Å². The molecule has 0 saturated heterocycles. The lowest BCUT2D eigenvalue weighted by Crippen LogP contribution is -1.96. The molecule has 0 aliphatic rings. The summed E-state index contributed by atoms with van der Waals surface area (Å²) in [5.41, 5.74) is 0.189. The Bertz CT molecular complexity index is 681. The summed E-state index contributed by atoms with van der Waals surface area (Å²) in [6.45, 7) is 4.01. The Balaban J connectivity index is 2.57. The van der Waals surface area contributed by atoms with Crippen molar-refractivity contribution in [2.24, 2.45) is 0 Å². The van der Waals surface area contributed by atoms with Gasteiger partial charge in [-0.2, -0.15) is 0 Å². The van der Waals surface area contributed by atoms with E-state index in [1.165, 1.54) is 32.5 Å². The van der Waals surface area contributed by atoms with Gasteiger partial charge in [-0.05, 0) is 6.42 Å². The lowest BCUT2D eigenvalue weighted by Gasteiger charge is -2.09. The Kier molecular flexibility index (Phi) is 4.65. The minimum absolute atomic E-state index is 0.121. The van der Waals surface area contributed by atoms with Crippen molar-refractivity contribution in [3.8, 4) is 22.8 Å². The average Bonchev–Trinajstić information content (AvgIpc) is 3.02. The third kappa shape index (κ3) is 2.88. The number of methoxy groups -OCH3 is 2. The summed E-state index contributed by atoms with van der Waals surface area (Å²) in [5, 5.41) is 11.3. The maximum Gasteiger partial charge on any atom is 0.284 e. The minimum atomic E-state index is -0.483. The van der Waals surface area contributed by atoms with Crippen LogP contribution in [0.15, 0.2) is 22.7 Å². The standard InChI is InChI=1S/C15H18N2O5/c1-5-9(2)15-16-8-14(22-15)10-6-12(20-3)13(21-4)7-11(10)17(18)19/h6-9H,5H2,1-4H3. The first-order valence-electron chi connectivity index (χ1n) is 6.88. The number of aromatic nitrogens is 1. The van der Waals surface area contributed by atoms with Crippen molar-refractivity contribution < 1.29 is 18.8 Å². The van der Waals surface area contributed by atoms with Crippen LogP contribution in [0.3, 0.4) is 0 Å². The van der Waals surface area contributed by atoms with E-state index in [0.29, 0.717) is 28.7 Å². The first kappa shape index (κ1) is 15.8. The number of hydrogen-bond acceptors (Lipinski definition) is 6. The quantitative estimate of drug-likeness (QED) is 0.596. The normalized spacial score (nSPS) is 12.0. The number of nitrogens with zero attached hydrogens (tertiary/aromatic N) is 2. The van der Waals surface area contributed by atoms with E-state index in [-0.39, 0.29) is 11.6 Å². The molecule has 0 N–H and O–H groups in total. The highest BCUT2D eigenvalue weighted by Gasteiger charge is 2.24. The number of nitro groups is 1. The molecule has 7 nitrogen and oxygen atoms in total. The second-order valence-electron chi connectivity index (χ2n) is 4.85. The average molecular weight is 306 g/mol. The molecule has 7 heteroatoms. The van der Waals surface area contributed by atoms with Crippen LogP contribution in [0.4, 0.5) is 5.69 Å². The van der Waals surface area contributed by atoms with Gasteiger partial charge in [0.05, 0.1) is 31.4 Å². The van der Waals surface area contributed by atoms with E-state index in [1.807, 2.05) is 13.8 Å².